The Bertz CT molecular complexity index is 923. The summed E-state index contributed by atoms with van der Waals surface area (Å²) in [6, 6.07) is 5.85. The van der Waals surface area contributed by atoms with E-state index in [-0.39, 0.29) is 0 Å². The van der Waals surface area contributed by atoms with Gasteiger partial charge in [-0.05, 0) is 30.7 Å². The summed E-state index contributed by atoms with van der Waals surface area (Å²) in [6.45, 7) is 2.54. The van der Waals surface area contributed by atoms with Crippen molar-refractivity contribution >= 4 is 11.0 Å². The molecule has 22 heavy (non-hydrogen) atoms. The number of rotatable bonds is 3. The molecule has 0 amide bonds. The molecule has 0 saturated heterocycles. The number of aryl methyl sites for hydroxylation is 1. The molecule has 0 aliphatic carbocycles. The Balaban J connectivity index is 1.76. The van der Waals surface area contributed by atoms with Gasteiger partial charge in [0, 0.05) is 24.0 Å². The van der Waals surface area contributed by atoms with E-state index in [0.29, 0.717) is 6.54 Å². The predicted molar refractivity (Wildman–Crippen MR) is 81.0 cm³/mol. The minimum atomic E-state index is 0.602. The van der Waals surface area contributed by atoms with Gasteiger partial charge in [-0.1, -0.05) is 0 Å². The first-order valence-electron chi connectivity index (χ1n) is 6.90. The minimum absolute atomic E-state index is 0.602. The van der Waals surface area contributed by atoms with E-state index in [1.54, 1.807) is 17.2 Å². The number of pyridine rings is 1. The Kier molecular flexibility index (Phi) is 2.89. The van der Waals surface area contributed by atoms with Crippen molar-refractivity contribution in [2.75, 3.05) is 0 Å². The van der Waals surface area contributed by atoms with Crippen molar-refractivity contribution in [1.82, 2.24) is 34.9 Å². The van der Waals surface area contributed by atoms with Gasteiger partial charge in [-0.3, -0.25) is 4.98 Å². The highest BCUT2D eigenvalue weighted by atomic mass is 15.5. The van der Waals surface area contributed by atoms with E-state index in [9.17, 15) is 0 Å². The van der Waals surface area contributed by atoms with Crippen molar-refractivity contribution in [2.24, 2.45) is 0 Å². The predicted octanol–water partition coefficient (Wildman–Crippen LogP) is 1.97. The third kappa shape index (κ3) is 2.12. The van der Waals surface area contributed by atoms with Crippen LogP contribution in [0, 0.1) is 6.92 Å². The van der Waals surface area contributed by atoms with Gasteiger partial charge in [-0.15, -0.1) is 0 Å². The SMILES string of the molecule is Cc1nn(Cc2ccncc2)nc1-c1ncnc2[nH]ccc12. The molecule has 0 bridgehead atoms. The lowest BCUT2D eigenvalue weighted by atomic mass is 10.2. The number of fused-ring (bicyclic) bond motifs is 1. The molecule has 4 rings (SSSR count). The molecule has 0 fully saturated rings. The molecule has 0 aromatic carbocycles. The van der Waals surface area contributed by atoms with E-state index >= 15 is 0 Å². The van der Waals surface area contributed by atoms with Crippen LogP contribution in [0.2, 0.25) is 0 Å². The average Bonchev–Trinajstić information content (AvgIpc) is 3.14. The first-order chi connectivity index (χ1) is 10.8. The molecule has 0 atom stereocenters. The molecule has 0 unspecified atom stereocenters. The zero-order valence-corrected chi connectivity index (χ0v) is 11.9. The van der Waals surface area contributed by atoms with Crippen LogP contribution < -0.4 is 0 Å². The minimum Gasteiger partial charge on any atom is -0.346 e. The topological polar surface area (TPSA) is 85.2 Å². The van der Waals surface area contributed by atoms with Gasteiger partial charge >= 0.3 is 0 Å². The molecule has 0 saturated carbocycles. The first kappa shape index (κ1) is 12.6. The summed E-state index contributed by atoms with van der Waals surface area (Å²) < 4.78 is 0. The van der Waals surface area contributed by atoms with Crippen molar-refractivity contribution in [3.05, 3.63) is 54.4 Å². The smallest absolute Gasteiger partial charge is 0.141 e. The first-order valence-corrected chi connectivity index (χ1v) is 6.90. The molecule has 4 heterocycles. The molecule has 108 valence electrons. The number of aromatic amines is 1. The summed E-state index contributed by atoms with van der Waals surface area (Å²) in [5.74, 6) is 0. The lowest BCUT2D eigenvalue weighted by molar-refractivity contribution is 0.588. The second kappa shape index (κ2) is 5.03. The van der Waals surface area contributed by atoms with Gasteiger partial charge in [0.2, 0.25) is 0 Å². The van der Waals surface area contributed by atoms with Crippen LogP contribution in [0.1, 0.15) is 11.3 Å². The zero-order chi connectivity index (χ0) is 14.9. The maximum Gasteiger partial charge on any atom is 0.141 e. The molecule has 4 aromatic rings. The lowest BCUT2D eigenvalue weighted by Crippen LogP contribution is -2.04. The van der Waals surface area contributed by atoms with E-state index in [0.717, 1.165) is 33.7 Å². The second-order valence-electron chi connectivity index (χ2n) is 4.98. The van der Waals surface area contributed by atoms with Crippen molar-refractivity contribution < 1.29 is 0 Å². The molecule has 7 nitrogen and oxygen atoms in total. The number of H-pyrrole nitrogens is 1. The summed E-state index contributed by atoms with van der Waals surface area (Å²) in [6.07, 6.45) is 6.91. The van der Waals surface area contributed by atoms with Crippen LogP contribution in [0.3, 0.4) is 0 Å². The molecule has 0 spiro atoms. The van der Waals surface area contributed by atoms with Crippen LogP contribution >= 0.6 is 0 Å². The Morgan fingerprint density at radius 2 is 1.91 bits per heavy atom. The summed E-state index contributed by atoms with van der Waals surface area (Å²) in [5, 5.41) is 10.0. The molecule has 4 aromatic heterocycles. The maximum absolute atomic E-state index is 4.59. The van der Waals surface area contributed by atoms with Gasteiger partial charge in [-0.25, -0.2) is 9.97 Å². The monoisotopic (exact) mass is 291 g/mol. The van der Waals surface area contributed by atoms with Crippen LogP contribution in [0.5, 0.6) is 0 Å². The highest BCUT2D eigenvalue weighted by Crippen LogP contribution is 2.24. The van der Waals surface area contributed by atoms with Crippen LogP contribution in [0.25, 0.3) is 22.4 Å². The highest BCUT2D eigenvalue weighted by molar-refractivity contribution is 5.89. The number of hydrogen-bond donors (Lipinski definition) is 1. The number of nitrogens with zero attached hydrogens (tertiary/aromatic N) is 6. The fourth-order valence-electron chi connectivity index (χ4n) is 2.43. The maximum atomic E-state index is 4.59. The molecular formula is C15H13N7. The molecule has 0 aliphatic rings. The van der Waals surface area contributed by atoms with Crippen molar-refractivity contribution in [3.8, 4) is 11.4 Å². The molecule has 7 heteroatoms. The van der Waals surface area contributed by atoms with Crippen LogP contribution in [0.4, 0.5) is 0 Å². The highest BCUT2D eigenvalue weighted by Gasteiger charge is 2.15. The van der Waals surface area contributed by atoms with Gasteiger partial charge in [0.25, 0.3) is 0 Å². The summed E-state index contributed by atoms with van der Waals surface area (Å²) in [7, 11) is 0. The van der Waals surface area contributed by atoms with E-state index in [1.165, 1.54) is 6.33 Å². The average molecular weight is 291 g/mol. The van der Waals surface area contributed by atoms with Crippen LogP contribution in [0.15, 0.2) is 43.1 Å². The van der Waals surface area contributed by atoms with E-state index in [2.05, 4.69) is 30.1 Å². The number of nitrogens with one attached hydrogen (secondary N) is 1. The fourth-order valence-corrected chi connectivity index (χ4v) is 2.43. The molecule has 0 radical (unpaired) electrons. The normalized spacial score (nSPS) is 11.1. The third-order valence-corrected chi connectivity index (χ3v) is 3.48. The summed E-state index contributed by atoms with van der Waals surface area (Å²) >= 11 is 0. The number of hydrogen-bond acceptors (Lipinski definition) is 5. The Hall–Kier alpha value is -3.09. The van der Waals surface area contributed by atoms with Gasteiger partial charge in [0.05, 0.1) is 12.2 Å². The van der Waals surface area contributed by atoms with Gasteiger partial charge in [-0.2, -0.15) is 15.0 Å². The molecule has 0 aliphatic heterocycles. The molecular weight excluding hydrogens is 278 g/mol. The van der Waals surface area contributed by atoms with Gasteiger partial charge < -0.3 is 4.98 Å². The van der Waals surface area contributed by atoms with Gasteiger partial charge in [0.15, 0.2) is 0 Å². The van der Waals surface area contributed by atoms with E-state index in [4.69, 9.17) is 0 Å². The Labute approximate surface area is 126 Å². The third-order valence-electron chi connectivity index (χ3n) is 3.48. The van der Waals surface area contributed by atoms with Crippen LogP contribution in [-0.4, -0.2) is 34.9 Å². The van der Waals surface area contributed by atoms with Crippen molar-refractivity contribution in [3.63, 3.8) is 0 Å². The lowest BCUT2D eigenvalue weighted by Gasteiger charge is -1.99. The van der Waals surface area contributed by atoms with Crippen molar-refractivity contribution in [1.29, 1.82) is 0 Å². The quantitative estimate of drug-likeness (QED) is 0.623. The van der Waals surface area contributed by atoms with Gasteiger partial charge in [0.1, 0.15) is 23.4 Å². The fraction of sp³-hybridized carbons (Fsp3) is 0.133. The van der Waals surface area contributed by atoms with E-state index in [1.807, 2.05) is 31.3 Å². The summed E-state index contributed by atoms with van der Waals surface area (Å²) in [5.41, 5.74) is 4.32. The van der Waals surface area contributed by atoms with E-state index < -0.39 is 0 Å². The standard InChI is InChI=1S/C15H13N7/c1-10-13(14-12-4-7-17-15(12)19-9-18-14)21-22(20-10)8-11-2-5-16-6-3-11/h2-7,9H,8H2,1H3,(H,17,18,19). The second-order valence-corrected chi connectivity index (χ2v) is 4.98. The molecule has 1 N–H and O–H groups in total. The zero-order valence-electron chi connectivity index (χ0n) is 11.9. The Morgan fingerprint density at radius 1 is 1.05 bits per heavy atom. The van der Waals surface area contributed by atoms with Crippen molar-refractivity contribution in [2.45, 2.75) is 13.5 Å². The largest absolute Gasteiger partial charge is 0.346 e. The Morgan fingerprint density at radius 3 is 2.77 bits per heavy atom. The summed E-state index contributed by atoms with van der Waals surface area (Å²) in [4.78, 5) is 17.4. The number of aromatic nitrogens is 7. The van der Waals surface area contributed by atoms with Crippen LogP contribution in [-0.2, 0) is 6.54 Å².